The molecule has 1 amide bonds. The smallest absolute Gasteiger partial charge is 0.308 e. The standard InChI is InChI=1S/C20H25N3O5/c1-3-28-13-7-12-22(14-15(2)20(26)27)19(25)17-10-11-18(24)23(21-17)16-8-5-4-6-9-16/h4-6,8-11,15H,3,7,12-14H2,1-2H3,(H,26,27). The number of carbonyl (C=O) groups is 2. The van der Waals surface area contributed by atoms with Crippen molar-refractivity contribution in [3.05, 3.63) is 58.5 Å². The van der Waals surface area contributed by atoms with Crippen LogP contribution in [0.3, 0.4) is 0 Å². The number of aliphatic carboxylic acids is 1. The van der Waals surface area contributed by atoms with E-state index in [1.54, 1.807) is 31.2 Å². The molecule has 0 radical (unpaired) electrons. The van der Waals surface area contributed by atoms with Gasteiger partial charge in [-0.2, -0.15) is 9.78 Å². The fourth-order valence-electron chi connectivity index (χ4n) is 2.63. The number of carbonyl (C=O) groups excluding carboxylic acids is 1. The Hall–Kier alpha value is -3.00. The molecule has 0 aliphatic rings. The first-order chi connectivity index (χ1) is 13.4. The van der Waals surface area contributed by atoms with E-state index in [-0.39, 0.29) is 17.8 Å². The summed E-state index contributed by atoms with van der Waals surface area (Å²) >= 11 is 0. The van der Waals surface area contributed by atoms with Gasteiger partial charge in [0.1, 0.15) is 5.69 Å². The summed E-state index contributed by atoms with van der Waals surface area (Å²) in [5, 5.41) is 13.4. The highest BCUT2D eigenvalue weighted by molar-refractivity contribution is 5.92. The minimum Gasteiger partial charge on any atom is -0.481 e. The Balaban J connectivity index is 2.26. The average molecular weight is 387 g/mol. The number of carboxylic acid groups (broad SMARTS) is 1. The zero-order valence-corrected chi connectivity index (χ0v) is 16.1. The maximum Gasteiger partial charge on any atom is 0.308 e. The topological polar surface area (TPSA) is 102 Å². The summed E-state index contributed by atoms with van der Waals surface area (Å²) in [7, 11) is 0. The Morgan fingerprint density at radius 1 is 1.21 bits per heavy atom. The van der Waals surface area contributed by atoms with Gasteiger partial charge in [0.25, 0.3) is 11.5 Å². The molecule has 1 heterocycles. The van der Waals surface area contributed by atoms with Crippen molar-refractivity contribution >= 4 is 11.9 Å². The average Bonchev–Trinajstić information content (AvgIpc) is 2.70. The highest BCUT2D eigenvalue weighted by atomic mass is 16.5. The van der Waals surface area contributed by atoms with Gasteiger partial charge in [-0.1, -0.05) is 25.1 Å². The lowest BCUT2D eigenvalue weighted by Crippen LogP contribution is -2.39. The van der Waals surface area contributed by atoms with E-state index in [9.17, 15) is 19.5 Å². The van der Waals surface area contributed by atoms with Gasteiger partial charge in [-0.05, 0) is 31.5 Å². The van der Waals surface area contributed by atoms with Crippen LogP contribution in [-0.4, -0.2) is 58.0 Å². The van der Waals surface area contributed by atoms with Crippen LogP contribution in [-0.2, 0) is 9.53 Å². The Morgan fingerprint density at radius 3 is 2.57 bits per heavy atom. The van der Waals surface area contributed by atoms with Crippen LogP contribution >= 0.6 is 0 Å². The zero-order valence-electron chi connectivity index (χ0n) is 16.1. The number of nitrogens with zero attached hydrogens (tertiary/aromatic N) is 3. The number of rotatable bonds is 10. The van der Waals surface area contributed by atoms with Gasteiger partial charge in [-0.15, -0.1) is 0 Å². The third-order valence-electron chi connectivity index (χ3n) is 4.14. The summed E-state index contributed by atoms with van der Waals surface area (Å²) in [6.07, 6.45) is 0.574. The van der Waals surface area contributed by atoms with Crippen molar-refractivity contribution in [2.45, 2.75) is 20.3 Å². The molecular weight excluding hydrogens is 362 g/mol. The van der Waals surface area contributed by atoms with E-state index in [0.717, 1.165) is 4.68 Å². The predicted octanol–water partition coefficient (Wildman–Crippen LogP) is 1.82. The first-order valence-electron chi connectivity index (χ1n) is 9.19. The molecule has 150 valence electrons. The molecule has 1 aromatic carbocycles. The summed E-state index contributed by atoms with van der Waals surface area (Å²) in [4.78, 5) is 37.8. The molecule has 8 nitrogen and oxygen atoms in total. The van der Waals surface area contributed by atoms with E-state index in [1.165, 1.54) is 17.0 Å². The maximum absolute atomic E-state index is 13.0. The normalized spacial score (nSPS) is 11.8. The van der Waals surface area contributed by atoms with Crippen molar-refractivity contribution in [2.24, 2.45) is 5.92 Å². The van der Waals surface area contributed by atoms with Gasteiger partial charge in [0.15, 0.2) is 0 Å². The largest absolute Gasteiger partial charge is 0.481 e. The summed E-state index contributed by atoms with van der Waals surface area (Å²) in [5.41, 5.74) is 0.269. The van der Waals surface area contributed by atoms with Gasteiger partial charge >= 0.3 is 5.97 Å². The van der Waals surface area contributed by atoms with E-state index in [1.807, 2.05) is 13.0 Å². The number of hydrogen-bond acceptors (Lipinski definition) is 5. The molecule has 0 fully saturated rings. The molecule has 2 aromatic rings. The van der Waals surface area contributed by atoms with Crippen molar-refractivity contribution in [1.29, 1.82) is 0 Å². The monoisotopic (exact) mass is 387 g/mol. The first kappa shape index (κ1) is 21.3. The number of benzene rings is 1. The predicted molar refractivity (Wildman–Crippen MR) is 104 cm³/mol. The van der Waals surface area contributed by atoms with E-state index in [4.69, 9.17) is 4.74 Å². The third-order valence-corrected chi connectivity index (χ3v) is 4.14. The lowest BCUT2D eigenvalue weighted by Gasteiger charge is -2.24. The van der Waals surface area contributed by atoms with Gasteiger partial charge < -0.3 is 14.7 Å². The molecule has 1 aromatic heterocycles. The zero-order chi connectivity index (χ0) is 20.5. The molecule has 0 spiro atoms. The number of amides is 1. The lowest BCUT2D eigenvalue weighted by atomic mass is 10.1. The first-order valence-corrected chi connectivity index (χ1v) is 9.19. The van der Waals surface area contributed by atoms with E-state index >= 15 is 0 Å². The Morgan fingerprint density at radius 2 is 1.93 bits per heavy atom. The fraction of sp³-hybridized carbons (Fsp3) is 0.400. The fourth-order valence-corrected chi connectivity index (χ4v) is 2.63. The van der Waals surface area contributed by atoms with Crippen molar-refractivity contribution in [3.63, 3.8) is 0 Å². The molecule has 0 aliphatic heterocycles. The summed E-state index contributed by atoms with van der Waals surface area (Å²) in [6, 6.07) is 11.4. The van der Waals surface area contributed by atoms with Gasteiger partial charge in [-0.25, -0.2) is 0 Å². The second-order valence-electron chi connectivity index (χ2n) is 6.35. The molecular formula is C20H25N3O5. The number of para-hydroxylation sites is 1. The van der Waals surface area contributed by atoms with Crippen LogP contribution in [0.4, 0.5) is 0 Å². The Kier molecular flexibility index (Phi) is 7.88. The van der Waals surface area contributed by atoms with Crippen LogP contribution in [0.2, 0.25) is 0 Å². The maximum atomic E-state index is 13.0. The molecule has 1 N–H and O–H groups in total. The number of hydrogen-bond donors (Lipinski definition) is 1. The Labute approximate surface area is 163 Å². The van der Waals surface area contributed by atoms with Crippen LogP contribution in [0, 0.1) is 5.92 Å². The molecule has 1 unspecified atom stereocenters. The van der Waals surface area contributed by atoms with Gasteiger partial charge in [0.05, 0.1) is 11.6 Å². The molecule has 0 saturated heterocycles. The highest BCUT2D eigenvalue weighted by Crippen LogP contribution is 2.09. The Bertz CT molecular complexity index is 850. The molecule has 0 bridgehead atoms. The van der Waals surface area contributed by atoms with Crippen molar-refractivity contribution in [1.82, 2.24) is 14.7 Å². The second kappa shape index (κ2) is 10.4. The van der Waals surface area contributed by atoms with E-state index < -0.39 is 17.8 Å². The second-order valence-corrected chi connectivity index (χ2v) is 6.35. The molecule has 8 heteroatoms. The lowest BCUT2D eigenvalue weighted by molar-refractivity contribution is -0.141. The number of ether oxygens (including phenoxy) is 1. The van der Waals surface area contributed by atoms with E-state index in [2.05, 4.69) is 5.10 Å². The summed E-state index contributed by atoms with van der Waals surface area (Å²) < 4.78 is 6.46. The van der Waals surface area contributed by atoms with Crippen LogP contribution in [0.15, 0.2) is 47.3 Å². The van der Waals surface area contributed by atoms with Crippen LogP contribution < -0.4 is 5.56 Å². The van der Waals surface area contributed by atoms with Crippen LogP contribution in [0.5, 0.6) is 0 Å². The molecule has 28 heavy (non-hydrogen) atoms. The highest BCUT2D eigenvalue weighted by Gasteiger charge is 2.23. The van der Waals surface area contributed by atoms with E-state index in [0.29, 0.717) is 31.9 Å². The molecule has 1 atom stereocenters. The quantitative estimate of drug-likeness (QED) is 0.624. The minimum atomic E-state index is -0.982. The van der Waals surface area contributed by atoms with Crippen LogP contribution in [0.25, 0.3) is 5.69 Å². The van der Waals surface area contributed by atoms with Crippen molar-refractivity contribution in [2.75, 3.05) is 26.3 Å². The molecule has 0 aliphatic carbocycles. The van der Waals surface area contributed by atoms with Gasteiger partial charge in [-0.3, -0.25) is 14.4 Å². The number of carboxylic acids is 1. The van der Waals surface area contributed by atoms with Gasteiger partial charge in [0.2, 0.25) is 0 Å². The minimum absolute atomic E-state index is 0.0481. The summed E-state index contributed by atoms with van der Waals surface area (Å²) in [6.45, 7) is 4.85. The van der Waals surface area contributed by atoms with Crippen molar-refractivity contribution in [3.8, 4) is 5.69 Å². The van der Waals surface area contributed by atoms with Crippen LogP contribution in [0.1, 0.15) is 30.8 Å². The third kappa shape index (κ3) is 5.75. The van der Waals surface area contributed by atoms with Crippen molar-refractivity contribution < 1.29 is 19.4 Å². The molecule has 2 rings (SSSR count). The van der Waals surface area contributed by atoms with Gasteiger partial charge in [0, 0.05) is 32.4 Å². The number of aromatic nitrogens is 2. The SMILES string of the molecule is CCOCCCN(CC(C)C(=O)O)C(=O)c1ccc(=O)n(-c2ccccc2)n1. The molecule has 0 saturated carbocycles. The summed E-state index contributed by atoms with van der Waals surface area (Å²) in [5.74, 6) is -2.13.